The molecule has 4 rings (SSSR count). The lowest BCUT2D eigenvalue weighted by Gasteiger charge is -2.44. The summed E-state index contributed by atoms with van der Waals surface area (Å²) in [7, 11) is 0. The van der Waals surface area contributed by atoms with Crippen molar-refractivity contribution in [1.29, 1.82) is 0 Å². The van der Waals surface area contributed by atoms with E-state index in [2.05, 4.69) is 73.8 Å². The van der Waals surface area contributed by atoms with Crippen molar-refractivity contribution >= 4 is 39.7 Å². The van der Waals surface area contributed by atoms with Crippen LogP contribution in [0.5, 0.6) is 0 Å². The number of aromatic nitrogens is 2. The van der Waals surface area contributed by atoms with Crippen LogP contribution in [0.3, 0.4) is 0 Å². The number of likely N-dealkylation sites (tertiary alicyclic amines) is 1. The number of piperazine rings is 1. The third kappa shape index (κ3) is 6.00. The molecule has 1 aromatic heterocycles. The summed E-state index contributed by atoms with van der Waals surface area (Å²) in [5, 5.41) is 0.917. The SMILES string of the molecule is CSc1nc(N2C[C@@H](C)N(C(=O)OC3CCN(Cc4ccccc4)CC3)[C@H](C)C2)ncc1Br. The normalized spacial score (nSPS) is 22.4. The molecule has 0 saturated carbocycles. The van der Waals surface area contributed by atoms with Gasteiger partial charge in [0, 0.05) is 38.9 Å². The van der Waals surface area contributed by atoms with Gasteiger partial charge >= 0.3 is 6.09 Å². The van der Waals surface area contributed by atoms with Crippen LogP contribution in [0.25, 0.3) is 0 Å². The predicted octanol–water partition coefficient (Wildman–Crippen LogP) is 4.66. The minimum atomic E-state index is -0.197. The second-order valence-corrected chi connectivity index (χ2v) is 10.5. The molecule has 2 fully saturated rings. The fraction of sp³-hybridized carbons (Fsp3) is 0.542. The van der Waals surface area contributed by atoms with Crippen LogP contribution in [-0.4, -0.2) is 76.5 Å². The molecule has 3 heterocycles. The highest BCUT2D eigenvalue weighted by molar-refractivity contribution is 9.10. The third-order valence-corrected chi connectivity index (χ3v) is 7.90. The standard InChI is InChI=1S/C24H32BrN5O2S/c1-17-14-29(23-26-13-21(25)22(27-23)33-3)15-18(2)30(17)24(31)32-20-9-11-28(12-10-20)16-19-7-5-4-6-8-19/h4-8,13,17-18,20H,9-12,14-16H2,1-3H3/t17-,18-/m1/s1. The van der Waals surface area contributed by atoms with Gasteiger partial charge in [0.1, 0.15) is 11.1 Å². The molecule has 0 N–H and O–H groups in total. The van der Waals surface area contributed by atoms with E-state index < -0.39 is 0 Å². The number of nitrogens with zero attached hydrogens (tertiary/aromatic N) is 5. The predicted molar refractivity (Wildman–Crippen MR) is 136 cm³/mol. The van der Waals surface area contributed by atoms with Crippen LogP contribution in [0.4, 0.5) is 10.7 Å². The zero-order valence-corrected chi connectivity index (χ0v) is 21.9. The zero-order chi connectivity index (χ0) is 23.4. The van der Waals surface area contributed by atoms with Crippen LogP contribution in [-0.2, 0) is 11.3 Å². The molecule has 33 heavy (non-hydrogen) atoms. The number of halogens is 1. The van der Waals surface area contributed by atoms with Gasteiger partial charge in [-0.3, -0.25) is 9.80 Å². The molecule has 1 amide bonds. The maximum Gasteiger partial charge on any atom is 0.410 e. The Bertz CT molecular complexity index is 930. The zero-order valence-electron chi connectivity index (χ0n) is 19.5. The van der Waals surface area contributed by atoms with E-state index in [0.717, 1.165) is 42.0 Å². The third-order valence-electron chi connectivity index (χ3n) is 6.36. The lowest BCUT2D eigenvalue weighted by molar-refractivity contribution is 0.00995. The van der Waals surface area contributed by atoms with Gasteiger partial charge in [-0.05, 0) is 54.4 Å². The molecule has 0 spiro atoms. The Kier molecular flexibility index (Phi) is 8.14. The average molecular weight is 535 g/mol. The number of hydrogen-bond donors (Lipinski definition) is 0. The number of benzene rings is 1. The molecular formula is C24H32BrN5O2S. The number of rotatable bonds is 5. The van der Waals surface area contributed by atoms with Crippen LogP contribution in [0.15, 0.2) is 46.0 Å². The first kappa shape index (κ1) is 24.3. The van der Waals surface area contributed by atoms with Crippen molar-refractivity contribution in [2.75, 3.05) is 37.3 Å². The van der Waals surface area contributed by atoms with Crippen LogP contribution in [0, 0.1) is 0 Å². The van der Waals surface area contributed by atoms with Crippen LogP contribution in [0.2, 0.25) is 0 Å². The molecule has 0 radical (unpaired) electrons. The van der Waals surface area contributed by atoms with Crippen molar-refractivity contribution in [2.45, 2.75) is 56.4 Å². The Labute approximate surface area is 209 Å². The van der Waals surface area contributed by atoms with Crippen LogP contribution < -0.4 is 4.90 Å². The highest BCUT2D eigenvalue weighted by atomic mass is 79.9. The first-order chi connectivity index (χ1) is 15.9. The van der Waals surface area contributed by atoms with E-state index in [9.17, 15) is 4.79 Å². The number of anilines is 1. The molecule has 2 atom stereocenters. The quantitative estimate of drug-likeness (QED) is 0.409. The van der Waals surface area contributed by atoms with E-state index >= 15 is 0 Å². The Morgan fingerprint density at radius 1 is 1.15 bits per heavy atom. The van der Waals surface area contributed by atoms with Gasteiger partial charge in [0.05, 0.1) is 16.6 Å². The van der Waals surface area contributed by atoms with Crippen molar-refractivity contribution in [1.82, 2.24) is 19.8 Å². The largest absolute Gasteiger partial charge is 0.446 e. The molecule has 0 aliphatic carbocycles. The van der Waals surface area contributed by atoms with Gasteiger partial charge in [-0.2, -0.15) is 0 Å². The molecule has 2 aliphatic rings. The Hall–Kier alpha value is -1.84. The number of hydrogen-bond acceptors (Lipinski definition) is 7. The van der Waals surface area contributed by atoms with E-state index in [0.29, 0.717) is 19.0 Å². The Balaban J connectivity index is 1.29. The van der Waals surface area contributed by atoms with E-state index in [1.54, 1.807) is 18.0 Å². The summed E-state index contributed by atoms with van der Waals surface area (Å²) in [4.78, 5) is 28.7. The Morgan fingerprint density at radius 3 is 2.45 bits per heavy atom. The van der Waals surface area contributed by atoms with Crippen molar-refractivity contribution in [3.63, 3.8) is 0 Å². The number of amides is 1. The first-order valence-corrected chi connectivity index (χ1v) is 13.5. The molecule has 178 valence electrons. The van der Waals surface area contributed by atoms with Gasteiger partial charge in [-0.15, -0.1) is 11.8 Å². The second-order valence-electron chi connectivity index (χ2n) is 8.88. The van der Waals surface area contributed by atoms with Gasteiger partial charge in [-0.1, -0.05) is 30.3 Å². The van der Waals surface area contributed by atoms with Gasteiger partial charge in [-0.25, -0.2) is 14.8 Å². The minimum absolute atomic E-state index is 0.0131. The van der Waals surface area contributed by atoms with E-state index in [1.807, 2.05) is 17.2 Å². The summed E-state index contributed by atoms with van der Waals surface area (Å²) < 4.78 is 6.86. The Morgan fingerprint density at radius 2 is 1.82 bits per heavy atom. The number of thioether (sulfide) groups is 1. The van der Waals surface area contributed by atoms with Crippen molar-refractivity contribution in [2.24, 2.45) is 0 Å². The lowest BCUT2D eigenvalue weighted by atomic mass is 10.1. The minimum Gasteiger partial charge on any atom is -0.446 e. The molecule has 7 nitrogen and oxygen atoms in total. The lowest BCUT2D eigenvalue weighted by Crippen LogP contribution is -2.59. The van der Waals surface area contributed by atoms with Crippen LogP contribution >= 0.6 is 27.7 Å². The van der Waals surface area contributed by atoms with Gasteiger partial charge in [0.2, 0.25) is 5.95 Å². The highest BCUT2D eigenvalue weighted by Gasteiger charge is 2.36. The van der Waals surface area contributed by atoms with Crippen LogP contribution in [0.1, 0.15) is 32.3 Å². The summed E-state index contributed by atoms with van der Waals surface area (Å²) in [5.74, 6) is 0.708. The highest BCUT2D eigenvalue weighted by Crippen LogP contribution is 2.27. The fourth-order valence-corrected chi connectivity index (χ4v) is 5.81. The molecule has 0 unspecified atom stereocenters. The molecule has 2 aliphatic heterocycles. The summed E-state index contributed by atoms with van der Waals surface area (Å²) in [6.45, 7) is 8.36. The smallest absolute Gasteiger partial charge is 0.410 e. The van der Waals surface area contributed by atoms with E-state index in [1.165, 1.54) is 5.56 Å². The van der Waals surface area contributed by atoms with E-state index in [-0.39, 0.29) is 24.3 Å². The van der Waals surface area contributed by atoms with Gasteiger partial charge in [0.25, 0.3) is 0 Å². The average Bonchev–Trinajstić information content (AvgIpc) is 2.81. The first-order valence-electron chi connectivity index (χ1n) is 11.5. The summed E-state index contributed by atoms with van der Waals surface area (Å²) in [5.41, 5.74) is 1.33. The number of carbonyl (C=O) groups is 1. The number of ether oxygens (including phenoxy) is 1. The maximum atomic E-state index is 13.1. The topological polar surface area (TPSA) is 61.8 Å². The van der Waals surface area contributed by atoms with E-state index in [4.69, 9.17) is 4.74 Å². The fourth-order valence-electron chi connectivity index (χ4n) is 4.71. The number of piperidine rings is 1. The second kappa shape index (κ2) is 11.1. The maximum absolute atomic E-state index is 13.1. The molecule has 1 aromatic carbocycles. The molecular weight excluding hydrogens is 502 g/mol. The van der Waals surface area contributed by atoms with Crippen molar-refractivity contribution in [3.05, 3.63) is 46.6 Å². The molecule has 2 aromatic rings. The van der Waals surface area contributed by atoms with Crippen molar-refractivity contribution < 1.29 is 9.53 Å². The summed E-state index contributed by atoms with van der Waals surface area (Å²) in [6.07, 6.45) is 5.35. The molecule has 0 bridgehead atoms. The molecule has 2 saturated heterocycles. The summed E-state index contributed by atoms with van der Waals surface area (Å²) >= 11 is 5.09. The molecule has 9 heteroatoms. The van der Waals surface area contributed by atoms with Gasteiger partial charge < -0.3 is 9.64 Å². The monoisotopic (exact) mass is 533 g/mol. The van der Waals surface area contributed by atoms with Crippen molar-refractivity contribution in [3.8, 4) is 0 Å². The summed E-state index contributed by atoms with van der Waals surface area (Å²) in [6, 6.07) is 10.6. The van der Waals surface area contributed by atoms with Gasteiger partial charge in [0.15, 0.2) is 0 Å². The number of carbonyl (C=O) groups excluding carboxylic acids is 1.